The molecule has 0 bridgehead atoms. The Labute approximate surface area is 98.9 Å². The first-order valence-corrected chi connectivity index (χ1v) is 5.52. The molecule has 0 aliphatic rings. The predicted octanol–water partition coefficient (Wildman–Crippen LogP) is 2.77. The predicted molar refractivity (Wildman–Crippen MR) is 62.6 cm³/mol. The fraction of sp³-hybridized carbons (Fsp3) is 0.222. The summed E-state index contributed by atoms with van der Waals surface area (Å²) in [5, 5.41) is 0. The number of carbonyl (C=O) groups excluding carboxylic acids is 1. The number of ether oxygens (including phenoxy) is 1. The number of hydrogen-bond donors (Lipinski definition) is 0. The smallest absolute Gasteiger partial charge is 0.310 e. The Balaban J connectivity index is 2.89. The average molecular weight is 355 g/mol. The Kier molecular flexibility index (Phi) is 4.18. The summed E-state index contributed by atoms with van der Waals surface area (Å²) in [5.74, 6) is -0.212. The monoisotopic (exact) mass is 354 g/mol. The van der Waals surface area contributed by atoms with Crippen molar-refractivity contribution >= 4 is 44.5 Å². The van der Waals surface area contributed by atoms with Gasteiger partial charge in [-0.15, -0.1) is 0 Å². The van der Waals surface area contributed by atoms with Gasteiger partial charge in [0.05, 0.1) is 13.5 Å². The van der Waals surface area contributed by atoms with E-state index < -0.39 is 0 Å². The maximum Gasteiger partial charge on any atom is 0.310 e. The molecular weight excluding hydrogens is 347 g/mol. The zero-order chi connectivity index (χ0) is 9.84. The molecule has 0 atom stereocenters. The van der Waals surface area contributed by atoms with Crippen LogP contribution in [-0.4, -0.2) is 13.1 Å². The van der Waals surface area contributed by atoms with E-state index in [-0.39, 0.29) is 5.97 Å². The third-order valence-corrected chi connectivity index (χ3v) is 4.27. The molecule has 0 N–H and O–H groups in total. The van der Waals surface area contributed by atoms with Gasteiger partial charge in [0, 0.05) is 8.04 Å². The van der Waals surface area contributed by atoms with Crippen molar-refractivity contribution in [1.29, 1.82) is 0 Å². The van der Waals surface area contributed by atoms with Crippen molar-refractivity contribution in [3.63, 3.8) is 0 Å². The van der Waals surface area contributed by atoms with E-state index in [1.54, 1.807) is 0 Å². The zero-order valence-electron chi connectivity index (χ0n) is 7.01. The molecule has 13 heavy (non-hydrogen) atoms. The number of methoxy groups -OCH3 is 1. The van der Waals surface area contributed by atoms with Gasteiger partial charge in [-0.05, 0) is 50.2 Å². The lowest BCUT2D eigenvalue weighted by molar-refractivity contribution is -0.139. The standard InChI is InChI=1S/C9H8BrIO2/c1-13-8(12)5-6-3-2-4-7(10)9(6)11/h2-4H,5H2,1H3. The molecule has 0 saturated heterocycles. The first-order valence-electron chi connectivity index (χ1n) is 3.65. The van der Waals surface area contributed by atoms with Crippen molar-refractivity contribution in [2.45, 2.75) is 6.42 Å². The highest BCUT2D eigenvalue weighted by Gasteiger charge is 2.07. The van der Waals surface area contributed by atoms with Crippen molar-refractivity contribution < 1.29 is 9.53 Å². The molecule has 0 radical (unpaired) electrons. The second-order valence-corrected chi connectivity index (χ2v) is 4.40. The van der Waals surface area contributed by atoms with Gasteiger partial charge in [-0.1, -0.05) is 12.1 Å². The quantitative estimate of drug-likeness (QED) is 0.603. The molecule has 2 nitrogen and oxygen atoms in total. The number of esters is 1. The summed E-state index contributed by atoms with van der Waals surface area (Å²) >= 11 is 5.60. The van der Waals surface area contributed by atoms with Crippen LogP contribution in [0.1, 0.15) is 5.56 Å². The minimum Gasteiger partial charge on any atom is -0.469 e. The van der Waals surface area contributed by atoms with Crippen LogP contribution in [0.25, 0.3) is 0 Å². The number of benzene rings is 1. The van der Waals surface area contributed by atoms with E-state index in [0.29, 0.717) is 6.42 Å². The fourth-order valence-electron chi connectivity index (χ4n) is 0.913. The van der Waals surface area contributed by atoms with Crippen LogP contribution in [0.15, 0.2) is 22.7 Å². The summed E-state index contributed by atoms with van der Waals surface area (Å²) in [6.07, 6.45) is 0.328. The molecule has 1 rings (SSSR count). The van der Waals surface area contributed by atoms with Gasteiger partial charge in [0.25, 0.3) is 0 Å². The zero-order valence-corrected chi connectivity index (χ0v) is 10.8. The maximum absolute atomic E-state index is 11.0. The maximum atomic E-state index is 11.0. The van der Waals surface area contributed by atoms with Crippen LogP contribution in [0.4, 0.5) is 0 Å². The van der Waals surface area contributed by atoms with Gasteiger partial charge >= 0.3 is 5.97 Å². The molecule has 0 aliphatic carbocycles. The van der Waals surface area contributed by atoms with E-state index in [9.17, 15) is 4.79 Å². The second-order valence-electron chi connectivity index (χ2n) is 2.47. The second kappa shape index (κ2) is 4.95. The molecule has 0 spiro atoms. The van der Waals surface area contributed by atoms with Crippen molar-refractivity contribution in [2.24, 2.45) is 0 Å². The largest absolute Gasteiger partial charge is 0.469 e. The molecule has 1 aromatic rings. The van der Waals surface area contributed by atoms with Crippen LogP contribution >= 0.6 is 38.5 Å². The normalized spacial score (nSPS) is 9.77. The molecular formula is C9H8BrIO2. The topological polar surface area (TPSA) is 26.3 Å². The average Bonchev–Trinajstić information content (AvgIpc) is 2.13. The Morgan fingerprint density at radius 1 is 1.62 bits per heavy atom. The third-order valence-electron chi connectivity index (χ3n) is 1.59. The van der Waals surface area contributed by atoms with Gasteiger partial charge in [-0.2, -0.15) is 0 Å². The molecule has 0 aliphatic heterocycles. The lowest BCUT2D eigenvalue weighted by Gasteiger charge is -2.04. The minimum atomic E-state index is -0.212. The van der Waals surface area contributed by atoms with Gasteiger partial charge in [0.1, 0.15) is 0 Å². The fourth-order valence-corrected chi connectivity index (χ4v) is 1.87. The van der Waals surface area contributed by atoms with E-state index in [1.807, 2.05) is 18.2 Å². The summed E-state index contributed by atoms with van der Waals surface area (Å²) in [7, 11) is 1.40. The molecule has 0 fully saturated rings. The number of rotatable bonds is 2. The summed E-state index contributed by atoms with van der Waals surface area (Å²) in [6, 6.07) is 5.77. The first-order chi connectivity index (χ1) is 6.15. The number of hydrogen-bond acceptors (Lipinski definition) is 2. The van der Waals surface area contributed by atoms with E-state index in [0.717, 1.165) is 13.6 Å². The van der Waals surface area contributed by atoms with Gasteiger partial charge in [-0.3, -0.25) is 4.79 Å². The summed E-state index contributed by atoms with van der Waals surface area (Å²) in [4.78, 5) is 11.0. The Morgan fingerprint density at radius 3 is 2.92 bits per heavy atom. The van der Waals surface area contributed by atoms with E-state index >= 15 is 0 Å². The molecule has 70 valence electrons. The van der Waals surface area contributed by atoms with Crippen LogP contribution in [0.3, 0.4) is 0 Å². The molecule has 0 aromatic heterocycles. The minimum absolute atomic E-state index is 0.212. The lowest BCUT2D eigenvalue weighted by Crippen LogP contribution is -2.05. The van der Waals surface area contributed by atoms with Gasteiger partial charge in [-0.25, -0.2) is 0 Å². The Bertz CT molecular complexity index is 325. The van der Waals surface area contributed by atoms with Crippen molar-refractivity contribution in [3.05, 3.63) is 31.8 Å². The molecule has 0 heterocycles. The molecule has 4 heteroatoms. The lowest BCUT2D eigenvalue weighted by atomic mass is 10.2. The van der Waals surface area contributed by atoms with Crippen LogP contribution in [-0.2, 0) is 16.0 Å². The van der Waals surface area contributed by atoms with Crippen LogP contribution in [0.2, 0.25) is 0 Å². The molecule has 0 unspecified atom stereocenters. The van der Waals surface area contributed by atoms with E-state index in [4.69, 9.17) is 0 Å². The van der Waals surface area contributed by atoms with E-state index in [2.05, 4.69) is 43.3 Å². The first kappa shape index (κ1) is 11.0. The van der Waals surface area contributed by atoms with Crippen molar-refractivity contribution in [2.75, 3.05) is 7.11 Å². The third kappa shape index (κ3) is 2.95. The van der Waals surface area contributed by atoms with Gasteiger partial charge in [0.2, 0.25) is 0 Å². The van der Waals surface area contributed by atoms with Gasteiger partial charge in [0.15, 0.2) is 0 Å². The van der Waals surface area contributed by atoms with Crippen molar-refractivity contribution in [1.82, 2.24) is 0 Å². The Hall–Kier alpha value is -0.100. The highest BCUT2D eigenvalue weighted by Crippen LogP contribution is 2.22. The highest BCUT2D eigenvalue weighted by atomic mass is 127. The molecule has 1 aromatic carbocycles. The summed E-state index contributed by atoms with van der Waals surface area (Å²) in [5.41, 5.74) is 0.988. The number of halogens is 2. The van der Waals surface area contributed by atoms with Crippen LogP contribution in [0, 0.1) is 3.57 Å². The van der Waals surface area contributed by atoms with Gasteiger partial charge < -0.3 is 4.74 Å². The Morgan fingerprint density at radius 2 is 2.31 bits per heavy atom. The molecule has 0 amide bonds. The summed E-state index contributed by atoms with van der Waals surface area (Å²) in [6.45, 7) is 0. The summed E-state index contributed by atoms with van der Waals surface area (Å²) < 4.78 is 6.66. The molecule has 0 saturated carbocycles. The van der Waals surface area contributed by atoms with E-state index in [1.165, 1.54) is 7.11 Å². The van der Waals surface area contributed by atoms with Crippen LogP contribution in [0.5, 0.6) is 0 Å². The van der Waals surface area contributed by atoms with Crippen molar-refractivity contribution in [3.8, 4) is 0 Å². The number of carbonyl (C=O) groups is 1. The SMILES string of the molecule is COC(=O)Cc1cccc(Br)c1I. The van der Waals surface area contributed by atoms with Crippen LogP contribution < -0.4 is 0 Å². The highest BCUT2D eigenvalue weighted by molar-refractivity contribution is 14.1.